The van der Waals surface area contributed by atoms with Crippen LogP contribution in [0.1, 0.15) is 28.9 Å². The van der Waals surface area contributed by atoms with Crippen LogP contribution in [-0.4, -0.2) is 17.9 Å². The molecular weight excluding hydrogens is 255 g/mol. The molecular formula is C16H17FN2O. The molecule has 0 aliphatic heterocycles. The van der Waals surface area contributed by atoms with Crippen LogP contribution in [-0.2, 0) is 0 Å². The van der Waals surface area contributed by atoms with Gasteiger partial charge in [-0.1, -0.05) is 30.3 Å². The summed E-state index contributed by atoms with van der Waals surface area (Å²) in [5.41, 5.74) is 6.97. The molecule has 3 nitrogen and oxygen atoms in total. The second-order valence-electron chi connectivity index (χ2n) is 4.74. The molecule has 2 aromatic rings. The molecule has 1 atom stereocenters. The fourth-order valence-electron chi connectivity index (χ4n) is 2.03. The van der Waals surface area contributed by atoms with Crippen molar-refractivity contribution in [1.29, 1.82) is 0 Å². The van der Waals surface area contributed by atoms with Crippen molar-refractivity contribution in [2.75, 3.05) is 12.8 Å². The molecule has 104 valence electrons. The van der Waals surface area contributed by atoms with Crippen molar-refractivity contribution < 1.29 is 9.18 Å². The lowest BCUT2D eigenvalue weighted by Crippen LogP contribution is -2.30. The lowest BCUT2D eigenvalue weighted by Gasteiger charge is -2.25. The zero-order valence-electron chi connectivity index (χ0n) is 11.5. The van der Waals surface area contributed by atoms with Gasteiger partial charge in [0.05, 0.1) is 11.6 Å². The van der Waals surface area contributed by atoms with Gasteiger partial charge in [-0.3, -0.25) is 4.79 Å². The summed E-state index contributed by atoms with van der Waals surface area (Å²) in [6, 6.07) is 13.5. The molecule has 0 heterocycles. The number of carbonyl (C=O) groups is 1. The first kappa shape index (κ1) is 14.1. The fourth-order valence-corrected chi connectivity index (χ4v) is 2.03. The number of nitrogens with two attached hydrogens (primary N) is 1. The topological polar surface area (TPSA) is 46.3 Å². The second-order valence-corrected chi connectivity index (χ2v) is 4.74. The van der Waals surface area contributed by atoms with Gasteiger partial charge in [0.1, 0.15) is 5.82 Å². The standard InChI is InChI=1S/C16H17FN2O/c1-11(12-6-4-3-5-7-12)19(2)16(20)14-10-13(18)8-9-15(14)17/h3-11H,18H2,1-2H3. The van der Waals surface area contributed by atoms with Crippen molar-refractivity contribution >= 4 is 11.6 Å². The van der Waals surface area contributed by atoms with Crippen molar-refractivity contribution in [3.63, 3.8) is 0 Å². The quantitative estimate of drug-likeness (QED) is 0.872. The minimum atomic E-state index is -0.559. The summed E-state index contributed by atoms with van der Waals surface area (Å²) in [6.07, 6.45) is 0. The maximum atomic E-state index is 13.7. The average molecular weight is 272 g/mol. The first-order valence-electron chi connectivity index (χ1n) is 6.38. The molecule has 4 heteroatoms. The zero-order valence-corrected chi connectivity index (χ0v) is 11.5. The Bertz CT molecular complexity index is 613. The highest BCUT2D eigenvalue weighted by Crippen LogP contribution is 2.22. The molecule has 1 amide bonds. The highest BCUT2D eigenvalue weighted by Gasteiger charge is 2.21. The summed E-state index contributed by atoms with van der Waals surface area (Å²) < 4.78 is 13.7. The Labute approximate surface area is 117 Å². The first-order chi connectivity index (χ1) is 9.50. The maximum Gasteiger partial charge on any atom is 0.257 e. The summed E-state index contributed by atoms with van der Waals surface area (Å²) in [5, 5.41) is 0. The largest absolute Gasteiger partial charge is 0.399 e. The molecule has 0 saturated heterocycles. The molecule has 0 aliphatic carbocycles. The highest BCUT2D eigenvalue weighted by molar-refractivity contribution is 5.95. The van der Waals surface area contributed by atoms with Crippen LogP contribution in [0.5, 0.6) is 0 Å². The third-order valence-electron chi connectivity index (χ3n) is 3.40. The Hall–Kier alpha value is -2.36. The van der Waals surface area contributed by atoms with Crippen molar-refractivity contribution in [3.8, 4) is 0 Å². The molecule has 0 bridgehead atoms. The van der Waals surface area contributed by atoms with Gasteiger partial charge in [-0.05, 0) is 30.7 Å². The molecule has 0 aliphatic rings. The Kier molecular flexibility index (Phi) is 4.03. The predicted octanol–water partition coefficient (Wildman–Crippen LogP) is 3.24. The van der Waals surface area contributed by atoms with Crippen LogP contribution in [0.2, 0.25) is 0 Å². The van der Waals surface area contributed by atoms with E-state index in [0.717, 1.165) is 5.56 Å². The van der Waals surface area contributed by atoms with Crippen LogP contribution in [0.25, 0.3) is 0 Å². The summed E-state index contributed by atoms with van der Waals surface area (Å²) in [4.78, 5) is 13.9. The van der Waals surface area contributed by atoms with Crippen molar-refractivity contribution in [2.24, 2.45) is 0 Å². The van der Waals surface area contributed by atoms with E-state index in [4.69, 9.17) is 5.73 Å². The predicted molar refractivity (Wildman–Crippen MR) is 77.8 cm³/mol. The molecule has 2 aromatic carbocycles. The number of hydrogen-bond donors (Lipinski definition) is 1. The molecule has 0 fully saturated rings. The van der Waals surface area contributed by atoms with E-state index in [9.17, 15) is 9.18 Å². The molecule has 0 aromatic heterocycles. The van der Waals surface area contributed by atoms with Gasteiger partial charge >= 0.3 is 0 Å². The van der Waals surface area contributed by atoms with Crippen LogP contribution in [0.15, 0.2) is 48.5 Å². The average Bonchev–Trinajstić information content (AvgIpc) is 2.48. The molecule has 0 radical (unpaired) electrons. The number of halogens is 1. The normalized spacial score (nSPS) is 11.9. The number of hydrogen-bond acceptors (Lipinski definition) is 2. The van der Waals surface area contributed by atoms with Gasteiger partial charge in [-0.2, -0.15) is 0 Å². The highest BCUT2D eigenvalue weighted by atomic mass is 19.1. The van der Waals surface area contributed by atoms with Crippen LogP contribution in [0, 0.1) is 5.82 Å². The first-order valence-corrected chi connectivity index (χ1v) is 6.38. The summed E-state index contributed by atoms with van der Waals surface area (Å²) in [7, 11) is 1.66. The molecule has 0 saturated carbocycles. The van der Waals surface area contributed by atoms with Gasteiger partial charge in [-0.25, -0.2) is 4.39 Å². The van der Waals surface area contributed by atoms with Gasteiger partial charge in [0.2, 0.25) is 0 Å². The van der Waals surface area contributed by atoms with E-state index in [2.05, 4.69) is 0 Å². The number of benzene rings is 2. The summed E-state index contributed by atoms with van der Waals surface area (Å²) in [6.45, 7) is 1.90. The monoisotopic (exact) mass is 272 g/mol. The van der Waals surface area contributed by atoms with E-state index < -0.39 is 5.82 Å². The van der Waals surface area contributed by atoms with Crippen molar-refractivity contribution in [1.82, 2.24) is 4.90 Å². The molecule has 2 rings (SSSR count). The van der Waals surface area contributed by atoms with Gasteiger partial charge in [0.15, 0.2) is 0 Å². The van der Waals surface area contributed by atoms with Crippen molar-refractivity contribution in [3.05, 3.63) is 65.5 Å². The SMILES string of the molecule is CC(c1ccccc1)N(C)C(=O)c1cc(N)ccc1F. The minimum Gasteiger partial charge on any atom is -0.399 e. The molecule has 1 unspecified atom stereocenters. The van der Waals surface area contributed by atoms with Crippen LogP contribution < -0.4 is 5.73 Å². The van der Waals surface area contributed by atoms with E-state index in [1.54, 1.807) is 7.05 Å². The Morgan fingerprint density at radius 1 is 1.20 bits per heavy atom. The Balaban J connectivity index is 2.27. The zero-order chi connectivity index (χ0) is 14.7. The summed E-state index contributed by atoms with van der Waals surface area (Å²) in [5.74, 6) is -0.942. The number of nitrogen functional groups attached to an aromatic ring is 1. The van der Waals surface area contributed by atoms with Crippen LogP contribution in [0.3, 0.4) is 0 Å². The molecule has 2 N–H and O–H groups in total. The minimum absolute atomic E-state index is 0.00437. The van der Waals surface area contributed by atoms with E-state index in [1.807, 2.05) is 37.3 Å². The third kappa shape index (κ3) is 2.79. The number of anilines is 1. The maximum absolute atomic E-state index is 13.7. The van der Waals surface area contributed by atoms with E-state index in [1.165, 1.54) is 23.1 Å². The number of rotatable bonds is 3. The number of nitrogens with zero attached hydrogens (tertiary/aromatic N) is 1. The van der Waals surface area contributed by atoms with E-state index in [0.29, 0.717) is 5.69 Å². The number of carbonyl (C=O) groups excluding carboxylic acids is 1. The van der Waals surface area contributed by atoms with Gasteiger partial charge in [0.25, 0.3) is 5.91 Å². The Morgan fingerprint density at radius 3 is 2.50 bits per heavy atom. The van der Waals surface area contributed by atoms with E-state index in [-0.39, 0.29) is 17.5 Å². The molecule has 0 spiro atoms. The lowest BCUT2D eigenvalue weighted by atomic mass is 10.1. The second kappa shape index (κ2) is 5.74. The van der Waals surface area contributed by atoms with Crippen LogP contribution in [0.4, 0.5) is 10.1 Å². The fraction of sp³-hybridized carbons (Fsp3) is 0.188. The van der Waals surface area contributed by atoms with Crippen LogP contribution >= 0.6 is 0 Å². The van der Waals surface area contributed by atoms with Gasteiger partial charge in [0, 0.05) is 12.7 Å². The smallest absolute Gasteiger partial charge is 0.257 e. The third-order valence-corrected chi connectivity index (χ3v) is 3.40. The lowest BCUT2D eigenvalue weighted by molar-refractivity contribution is 0.0738. The van der Waals surface area contributed by atoms with Gasteiger partial charge < -0.3 is 10.6 Å². The Morgan fingerprint density at radius 2 is 1.85 bits per heavy atom. The molecule has 20 heavy (non-hydrogen) atoms. The number of amides is 1. The van der Waals surface area contributed by atoms with E-state index >= 15 is 0 Å². The summed E-state index contributed by atoms with van der Waals surface area (Å²) >= 11 is 0. The van der Waals surface area contributed by atoms with Gasteiger partial charge in [-0.15, -0.1) is 0 Å². The van der Waals surface area contributed by atoms with Crippen molar-refractivity contribution in [2.45, 2.75) is 13.0 Å².